The minimum absolute atomic E-state index is 0.0145. The van der Waals surface area contributed by atoms with Gasteiger partial charge in [-0.2, -0.15) is 0 Å². The maximum Gasteiger partial charge on any atom is 0.208 e. The van der Waals surface area contributed by atoms with Gasteiger partial charge in [0.25, 0.3) is 0 Å². The van der Waals surface area contributed by atoms with Crippen molar-refractivity contribution in [2.75, 3.05) is 33.5 Å². The summed E-state index contributed by atoms with van der Waals surface area (Å²) in [6.07, 6.45) is 2.10. The minimum Gasteiger partial charge on any atom is -0.493 e. The molecule has 0 radical (unpaired) electrons. The highest BCUT2D eigenvalue weighted by molar-refractivity contribution is 7.88. The van der Waals surface area contributed by atoms with Crippen LogP contribution in [0, 0.1) is 0 Å². The van der Waals surface area contributed by atoms with Gasteiger partial charge in [-0.05, 0) is 31.3 Å². The molecule has 106 valence electrons. The van der Waals surface area contributed by atoms with Gasteiger partial charge in [0.05, 0.1) is 12.9 Å². The fraction of sp³-hybridized carbons (Fsp3) is 0.538. The van der Waals surface area contributed by atoms with E-state index in [9.17, 15) is 8.42 Å². The summed E-state index contributed by atoms with van der Waals surface area (Å²) in [6.45, 7) is 1.10. The smallest absolute Gasteiger partial charge is 0.208 e. The van der Waals surface area contributed by atoms with E-state index in [1.807, 2.05) is 31.1 Å². The molecule has 1 aliphatic heterocycles. The molecule has 0 spiro atoms. The lowest BCUT2D eigenvalue weighted by Gasteiger charge is -2.25. The zero-order valence-electron chi connectivity index (χ0n) is 11.5. The normalized spacial score (nSPS) is 16.2. The van der Waals surface area contributed by atoms with Crippen LogP contribution in [0.4, 0.5) is 0 Å². The van der Waals surface area contributed by atoms with Gasteiger partial charge in [-0.15, -0.1) is 0 Å². The zero-order chi connectivity index (χ0) is 14.0. The van der Waals surface area contributed by atoms with Crippen molar-refractivity contribution in [3.8, 4) is 5.75 Å². The molecule has 1 atom stereocenters. The Balaban J connectivity index is 2.19. The van der Waals surface area contributed by atoms with Crippen LogP contribution in [-0.2, 0) is 16.4 Å². The van der Waals surface area contributed by atoms with Gasteiger partial charge in [-0.3, -0.25) is 0 Å². The molecule has 1 aromatic rings. The summed E-state index contributed by atoms with van der Waals surface area (Å²) in [5.41, 5.74) is 2.30. The van der Waals surface area contributed by atoms with E-state index in [2.05, 4.69) is 10.8 Å². The Morgan fingerprint density at radius 3 is 2.79 bits per heavy atom. The first-order chi connectivity index (χ1) is 8.87. The summed E-state index contributed by atoms with van der Waals surface area (Å²) in [4.78, 5) is 2.01. The first kappa shape index (κ1) is 14.3. The van der Waals surface area contributed by atoms with Crippen LogP contribution in [0.25, 0.3) is 0 Å². The van der Waals surface area contributed by atoms with Gasteiger partial charge in [0.15, 0.2) is 0 Å². The van der Waals surface area contributed by atoms with E-state index < -0.39 is 10.0 Å². The fourth-order valence-corrected chi connectivity index (χ4v) is 2.70. The third-order valence-corrected chi connectivity index (χ3v) is 3.95. The van der Waals surface area contributed by atoms with Gasteiger partial charge < -0.3 is 9.64 Å². The van der Waals surface area contributed by atoms with Gasteiger partial charge in [-0.1, -0.05) is 12.1 Å². The van der Waals surface area contributed by atoms with Crippen LogP contribution in [0.5, 0.6) is 5.75 Å². The molecule has 2 rings (SSSR count). The maximum absolute atomic E-state index is 11.2. The molecule has 19 heavy (non-hydrogen) atoms. The van der Waals surface area contributed by atoms with Crippen molar-refractivity contribution in [3.05, 3.63) is 29.3 Å². The van der Waals surface area contributed by atoms with Crippen LogP contribution < -0.4 is 9.46 Å². The molecule has 0 aromatic heterocycles. The lowest BCUT2D eigenvalue weighted by Crippen LogP contribution is -2.34. The van der Waals surface area contributed by atoms with E-state index in [0.29, 0.717) is 6.54 Å². The first-order valence-electron chi connectivity index (χ1n) is 6.23. The summed E-state index contributed by atoms with van der Waals surface area (Å²) >= 11 is 0. The molecular formula is C13H20N2O3S. The van der Waals surface area contributed by atoms with Gasteiger partial charge in [-0.25, -0.2) is 13.1 Å². The Morgan fingerprint density at radius 1 is 1.42 bits per heavy atom. The number of nitrogens with one attached hydrogen (secondary N) is 1. The predicted octanol–water partition coefficient (Wildman–Crippen LogP) is 0.773. The van der Waals surface area contributed by atoms with E-state index in [4.69, 9.17) is 4.74 Å². The van der Waals surface area contributed by atoms with Crippen molar-refractivity contribution in [2.24, 2.45) is 0 Å². The van der Waals surface area contributed by atoms with Gasteiger partial charge >= 0.3 is 0 Å². The Kier molecular flexibility index (Phi) is 4.13. The summed E-state index contributed by atoms with van der Waals surface area (Å²) in [5.74, 6) is 0.942. The average molecular weight is 284 g/mol. The number of likely N-dealkylation sites (N-methyl/N-ethyl adjacent to an activating group) is 1. The van der Waals surface area contributed by atoms with E-state index in [0.717, 1.165) is 24.3 Å². The standard InChI is InChI=1S/C13H20N2O3S/c1-15(2)12(9-14-19(3,16)17)10-4-5-13-11(8-10)6-7-18-13/h4-5,8,12,14H,6-7,9H2,1-3H3. The van der Waals surface area contributed by atoms with E-state index >= 15 is 0 Å². The number of fused-ring (bicyclic) bond motifs is 1. The molecule has 0 saturated heterocycles. The number of benzene rings is 1. The largest absolute Gasteiger partial charge is 0.493 e. The van der Waals surface area contributed by atoms with Crippen LogP contribution in [0.2, 0.25) is 0 Å². The van der Waals surface area contributed by atoms with Crippen molar-refractivity contribution in [3.63, 3.8) is 0 Å². The third-order valence-electron chi connectivity index (χ3n) is 3.26. The Labute approximate surface area is 114 Å². The van der Waals surface area contributed by atoms with E-state index in [-0.39, 0.29) is 6.04 Å². The number of hydrogen-bond acceptors (Lipinski definition) is 4. The van der Waals surface area contributed by atoms with Gasteiger partial charge in [0, 0.05) is 19.0 Å². The van der Waals surface area contributed by atoms with Crippen LogP contribution >= 0.6 is 0 Å². The summed E-state index contributed by atoms with van der Waals surface area (Å²) < 4.78 is 30.5. The SMILES string of the molecule is CN(C)C(CNS(C)(=O)=O)c1ccc2c(c1)CCO2. The monoisotopic (exact) mass is 284 g/mol. The second kappa shape index (κ2) is 5.48. The van der Waals surface area contributed by atoms with Gasteiger partial charge in [0.1, 0.15) is 5.75 Å². The maximum atomic E-state index is 11.2. The predicted molar refractivity (Wildman–Crippen MR) is 74.9 cm³/mol. The molecule has 0 bridgehead atoms. The van der Waals surface area contributed by atoms with Crippen molar-refractivity contribution in [2.45, 2.75) is 12.5 Å². The molecule has 1 unspecified atom stereocenters. The number of ether oxygens (including phenoxy) is 1. The highest BCUT2D eigenvalue weighted by Crippen LogP contribution is 2.29. The molecular weight excluding hydrogens is 264 g/mol. The van der Waals surface area contributed by atoms with Crippen molar-refractivity contribution in [1.29, 1.82) is 0 Å². The summed E-state index contributed by atoms with van der Waals surface area (Å²) in [6, 6.07) is 6.09. The van der Waals surface area contributed by atoms with Crippen LogP contribution in [0.3, 0.4) is 0 Å². The molecule has 0 aliphatic carbocycles. The molecule has 1 heterocycles. The third kappa shape index (κ3) is 3.68. The Morgan fingerprint density at radius 2 is 2.16 bits per heavy atom. The first-order valence-corrected chi connectivity index (χ1v) is 8.12. The number of rotatable bonds is 5. The molecule has 0 saturated carbocycles. The minimum atomic E-state index is -3.17. The molecule has 1 aliphatic rings. The average Bonchev–Trinajstić information content (AvgIpc) is 2.74. The van der Waals surface area contributed by atoms with Crippen LogP contribution in [0.1, 0.15) is 17.2 Å². The van der Waals surface area contributed by atoms with E-state index in [1.54, 1.807) is 0 Å². The number of sulfonamides is 1. The van der Waals surface area contributed by atoms with Crippen molar-refractivity contribution >= 4 is 10.0 Å². The number of nitrogens with zero attached hydrogens (tertiary/aromatic N) is 1. The Hall–Kier alpha value is -1.11. The second-order valence-electron chi connectivity index (χ2n) is 5.07. The van der Waals surface area contributed by atoms with Gasteiger partial charge in [0.2, 0.25) is 10.0 Å². The van der Waals surface area contributed by atoms with Crippen molar-refractivity contribution in [1.82, 2.24) is 9.62 Å². The molecule has 1 N–H and O–H groups in total. The zero-order valence-corrected chi connectivity index (χ0v) is 12.3. The highest BCUT2D eigenvalue weighted by atomic mass is 32.2. The quantitative estimate of drug-likeness (QED) is 0.868. The highest BCUT2D eigenvalue weighted by Gasteiger charge is 2.19. The second-order valence-corrected chi connectivity index (χ2v) is 6.90. The Bertz CT molecular complexity index is 555. The molecule has 0 fully saturated rings. The lowest BCUT2D eigenvalue weighted by atomic mass is 10.0. The van der Waals surface area contributed by atoms with Crippen molar-refractivity contribution < 1.29 is 13.2 Å². The van der Waals surface area contributed by atoms with Crippen LogP contribution in [-0.4, -0.2) is 46.8 Å². The molecule has 5 nitrogen and oxygen atoms in total. The lowest BCUT2D eigenvalue weighted by molar-refractivity contribution is 0.299. The summed E-state index contributed by atoms with van der Waals surface area (Å²) in [7, 11) is 0.712. The molecule has 1 aromatic carbocycles. The van der Waals surface area contributed by atoms with Crippen LogP contribution in [0.15, 0.2) is 18.2 Å². The molecule has 6 heteroatoms. The fourth-order valence-electron chi connectivity index (χ4n) is 2.24. The summed E-state index contributed by atoms with van der Waals surface area (Å²) in [5, 5.41) is 0. The van der Waals surface area contributed by atoms with E-state index in [1.165, 1.54) is 11.8 Å². The molecule has 0 amide bonds. The number of hydrogen-bond donors (Lipinski definition) is 1. The topological polar surface area (TPSA) is 58.6 Å².